The predicted octanol–water partition coefficient (Wildman–Crippen LogP) is 4.87. The Bertz CT molecular complexity index is 475. The Morgan fingerprint density at radius 2 is 2.05 bits per heavy atom. The average molecular weight is 291 g/mol. The van der Waals surface area contributed by atoms with Crippen LogP contribution in [0.1, 0.15) is 42.0 Å². The summed E-state index contributed by atoms with van der Waals surface area (Å²) in [5, 5.41) is 8.29. The number of thiophene rings is 2. The molecule has 1 aliphatic carbocycles. The maximum Gasteiger partial charge on any atom is 0.0465 e. The summed E-state index contributed by atoms with van der Waals surface area (Å²) in [5.74, 6) is 0.825. The molecule has 0 saturated heterocycles. The van der Waals surface area contributed by atoms with E-state index in [0.717, 1.165) is 12.3 Å². The van der Waals surface area contributed by atoms with Gasteiger partial charge < -0.3 is 5.32 Å². The molecule has 1 aliphatic rings. The van der Waals surface area contributed by atoms with Crippen molar-refractivity contribution in [2.45, 2.75) is 44.7 Å². The van der Waals surface area contributed by atoms with Gasteiger partial charge in [0, 0.05) is 28.3 Å². The fourth-order valence-electron chi connectivity index (χ4n) is 3.01. The second-order valence-electron chi connectivity index (χ2n) is 5.53. The zero-order valence-corrected chi connectivity index (χ0v) is 13.0. The molecule has 3 heteroatoms. The Hall–Kier alpha value is -0.640. The van der Waals surface area contributed by atoms with Crippen LogP contribution in [0.25, 0.3) is 0 Å². The highest BCUT2D eigenvalue weighted by molar-refractivity contribution is 7.10. The van der Waals surface area contributed by atoms with E-state index in [1.165, 1.54) is 29.0 Å². The Morgan fingerprint density at radius 3 is 2.68 bits per heavy atom. The molecule has 0 bridgehead atoms. The zero-order valence-electron chi connectivity index (χ0n) is 11.3. The molecule has 0 aromatic carbocycles. The summed E-state index contributed by atoms with van der Waals surface area (Å²) in [4.78, 5) is 2.96. The molecule has 2 heterocycles. The zero-order chi connectivity index (χ0) is 13.1. The van der Waals surface area contributed by atoms with Gasteiger partial charge in [0.05, 0.1) is 0 Å². The molecular weight excluding hydrogens is 270 g/mol. The van der Waals surface area contributed by atoms with E-state index in [1.54, 1.807) is 0 Å². The number of rotatable bonds is 5. The van der Waals surface area contributed by atoms with Gasteiger partial charge in [-0.25, -0.2) is 0 Å². The topological polar surface area (TPSA) is 12.0 Å². The lowest BCUT2D eigenvalue weighted by molar-refractivity contribution is 0.377. The highest BCUT2D eigenvalue weighted by Gasteiger charge is 2.26. The molecule has 1 nitrogen and oxygen atoms in total. The first-order valence-corrected chi connectivity index (χ1v) is 8.90. The molecule has 3 atom stereocenters. The summed E-state index contributed by atoms with van der Waals surface area (Å²) in [6.45, 7) is 2.39. The van der Waals surface area contributed by atoms with Crippen molar-refractivity contribution in [3.63, 3.8) is 0 Å². The van der Waals surface area contributed by atoms with Gasteiger partial charge in [-0.1, -0.05) is 25.5 Å². The monoisotopic (exact) mass is 291 g/mol. The lowest BCUT2D eigenvalue weighted by atomic mass is 10.0. The van der Waals surface area contributed by atoms with E-state index < -0.39 is 0 Å². The molecule has 1 fully saturated rings. The van der Waals surface area contributed by atoms with Gasteiger partial charge in [-0.15, -0.1) is 22.7 Å². The number of hydrogen-bond donors (Lipinski definition) is 1. The van der Waals surface area contributed by atoms with Gasteiger partial charge in [-0.05, 0) is 41.7 Å². The molecule has 19 heavy (non-hydrogen) atoms. The third-order valence-corrected chi connectivity index (χ3v) is 6.03. The molecule has 0 aliphatic heterocycles. The van der Waals surface area contributed by atoms with Crippen molar-refractivity contribution in [3.05, 3.63) is 44.8 Å². The lowest BCUT2D eigenvalue weighted by Crippen LogP contribution is -2.35. The first-order valence-electron chi connectivity index (χ1n) is 7.15. The smallest absolute Gasteiger partial charge is 0.0465 e. The van der Waals surface area contributed by atoms with Crippen molar-refractivity contribution >= 4 is 22.7 Å². The van der Waals surface area contributed by atoms with Gasteiger partial charge in [0.25, 0.3) is 0 Å². The van der Waals surface area contributed by atoms with E-state index in [0.29, 0.717) is 12.1 Å². The molecule has 1 N–H and O–H groups in total. The summed E-state index contributed by atoms with van der Waals surface area (Å²) < 4.78 is 0. The van der Waals surface area contributed by atoms with Crippen LogP contribution in [0.15, 0.2) is 35.0 Å². The second-order valence-corrected chi connectivity index (χ2v) is 7.54. The van der Waals surface area contributed by atoms with Crippen molar-refractivity contribution in [2.24, 2.45) is 5.92 Å². The molecule has 0 spiro atoms. The highest BCUT2D eigenvalue weighted by atomic mass is 32.1. The largest absolute Gasteiger partial charge is 0.306 e. The number of hydrogen-bond acceptors (Lipinski definition) is 3. The van der Waals surface area contributed by atoms with Crippen LogP contribution in [0.4, 0.5) is 0 Å². The summed E-state index contributed by atoms with van der Waals surface area (Å²) in [6, 6.07) is 10.0. The quantitative estimate of drug-likeness (QED) is 0.828. The minimum atomic E-state index is 0.490. The van der Waals surface area contributed by atoms with Gasteiger partial charge in [0.1, 0.15) is 0 Å². The van der Waals surface area contributed by atoms with E-state index >= 15 is 0 Å². The summed E-state index contributed by atoms with van der Waals surface area (Å²) in [6.07, 6.45) is 5.23. The van der Waals surface area contributed by atoms with Crippen LogP contribution in [0.3, 0.4) is 0 Å². The van der Waals surface area contributed by atoms with Gasteiger partial charge in [-0.3, -0.25) is 0 Å². The van der Waals surface area contributed by atoms with Crippen LogP contribution < -0.4 is 5.32 Å². The standard InChI is InChI=1S/C16H21NS2/c1-12-5-2-7-14(12)17-15(16-8-4-10-19-16)11-13-6-3-9-18-13/h3-4,6,8-10,12,14-15,17H,2,5,7,11H2,1H3. The lowest BCUT2D eigenvalue weighted by Gasteiger charge is -2.24. The third kappa shape index (κ3) is 3.28. The molecule has 0 radical (unpaired) electrons. The van der Waals surface area contributed by atoms with Gasteiger partial charge >= 0.3 is 0 Å². The van der Waals surface area contributed by atoms with E-state index in [2.05, 4.69) is 47.3 Å². The normalized spacial score (nSPS) is 24.7. The SMILES string of the molecule is CC1CCCC1NC(Cc1cccs1)c1cccs1. The van der Waals surface area contributed by atoms with Crippen molar-refractivity contribution in [1.29, 1.82) is 0 Å². The Kier molecular flexibility index (Phi) is 4.36. The fourth-order valence-corrected chi connectivity index (χ4v) is 4.55. The third-order valence-electron chi connectivity index (χ3n) is 4.15. The molecule has 0 amide bonds. The molecule has 2 aromatic rings. The van der Waals surface area contributed by atoms with Crippen molar-refractivity contribution < 1.29 is 0 Å². The summed E-state index contributed by atoms with van der Waals surface area (Å²) in [7, 11) is 0. The van der Waals surface area contributed by atoms with Crippen LogP contribution in [0.5, 0.6) is 0 Å². The van der Waals surface area contributed by atoms with E-state index in [9.17, 15) is 0 Å². The minimum absolute atomic E-state index is 0.490. The van der Waals surface area contributed by atoms with Crippen LogP contribution in [0.2, 0.25) is 0 Å². The van der Waals surface area contributed by atoms with Crippen molar-refractivity contribution in [3.8, 4) is 0 Å². The van der Waals surface area contributed by atoms with Crippen molar-refractivity contribution in [1.82, 2.24) is 5.32 Å². The van der Waals surface area contributed by atoms with Crippen LogP contribution in [-0.2, 0) is 6.42 Å². The van der Waals surface area contributed by atoms with E-state index in [4.69, 9.17) is 0 Å². The van der Waals surface area contributed by atoms with Crippen molar-refractivity contribution in [2.75, 3.05) is 0 Å². The summed E-state index contributed by atoms with van der Waals surface area (Å²) >= 11 is 3.75. The molecular formula is C16H21NS2. The van der Waals surface area contributed by atoms with Crippen LogP contribution >= 0.6 is 22.7 Å². The predicted molar refractivity (Wildman–Crippen MR) is 85.0 cm³/mol. The maximum absolute atomic E-state index is 3.92. The Labute approximate surface area is 123 Å². The van der Waals surface area contributed by atoms with Gasteiger partial charge in [-0.2, -0.15) is 0 Å². The fraction of sp³-hybridized carbons (Fsp3) is 0.500. The molecule has 102 valence electrons. The van der Waals surface area contributed by atoms with Gasteiger partial charge in [0.2, 0.25) is 0 Å². The first kappa shape index (κ1) is 13.3. The Morgan fingerprint density at radius 1 is 1.21 bits per heavy atom. The molecule has 1 saturated carbocycles. The average Bonchev–Trinajstić information content (AvgIpc) is 3.11. The van der Waals surface area contributed by atoms with E-state index in [-0.39, 0.29) is 0 Å². The highest BCUT2D eigenvalue weighted by Crippen LogP contribution is 2.30. The molecule has 2 aromatic heterocycles. The Balaban J connectivity index is 1.72. The second kappa shape index (κ2) is 6.21. The summed E-state index contributed by atoms with van der Waals surface area (Å²) in [5.41, 5.74) is 0. The van der Waals surface area contributed by atoms with Crippen LogP contribution in [0, 0.1) is 5.92 Å². The van der Waals surface area contributed by atoms with Gasteiger partial charge in [0.15, 0.2) is 0 Å². The van der Waals surface area contributed by atoms with Crippen LogP contribution in [-0.4, -0.2) is 6.04 Å². The maximum atomic E-state index is 3.92. The first-order chi connectivity index (χ1) is 9.33. The van der Waals surface area contributed by atoms with E-state index in [1.807, 2.05) is 22.7 Å². The number of nitrogens with one attached hydrogen (secondary N) is 1. The molecule has 3 rings (SSSR count). The minimum Gasteiger partial charge on any atom is -0.306 e. The molecule has 3 unspecified atom stereocenters.